The molecule has 0 saturated carbocycles. The van der Waals surface area contributed by atoms with Crippen LogP contribution in [-0.4, -0.2) is 33.0 Å². The molecule has 3 N–H and O–H groups in total. The van der Waals surface area contributed by atoms with Crippen molar-refractivity contribution in [3.8, 4) is 0 Å². The van der Waals surface area contributed by atoms with E-state index in [1.165, 1.54) is 6.07 Å². The van der Waals surface area contributed by atoms with Crippen LogP contribution in [0.15, 0.2) is 36.7 Å². The van der Waals surface area contributed by atoms with Crippen LogP contribution >= 0.6 is 0 Å². The highest BCUT2D eigenvalue weighted by Crippen LogP contribution is 2.29. The van der Waals surface area contributed by atoms with Crippen LogP contribution in [0.25, 0.3) is 16.7 Å². The van der Waals surface area contributed by atoms with E-state index in [1.54, 1.807) is 12.4 Å². The minimum atomic E-state index is -0.186. The van der Waals surface area contributed by atoms with Gasteiger partial charge in [-0.3, -0.25) is 0 Å². The fraction of sp³-hybridized carbons (Fsp3) is 0.188. The van der Waals surface area contributed by atoms with E-state index >= 15 is 0 Å². The Morgan fingerprint density at radius 3 is 2.87 bits per heavy atom. The van der Waals surface area contributed by atoms with Crippen molar-refractivity contribution >= 4 is 28.5 Å². The molecule has 1 aromatic carbocycles. The Morgan fingerprint density at radius 1 is 1.22 bits per heavy atom. The Morgan fingerprint density at radius 2 is 2.09 bits per heavy atom. The lowest BCUT2D eigenvalue weighted by molar-refractivity contribution is 0.622. The van der Waals surface area contributed by atoms with E-state index in [-0.39, 0.29) is 11.8 Å². The Balaban J connectivity index is 1.66. The van der Waals surface area contributed by atoms with Crippen LogP contribution in [0.2, 0.25) is 0 Å². The monoisotopic (exact) mass is 310 g/mol. The summed E-state index contributed by atoms with van der Waals surface area (Å²) in [6, 6.07) is 6.85. The largest absolute Gasteiger partial charge is 0.368 e. The van der Waals surface area contributed by atoms with Gasteiger partial charge in [0.15, 0.2) is 11.5 Å². The number of anilines is 2. The third kappa shape index (κ3) is 2.40. The maximum Gasteiger partial charge on any atom is 0.224 e. The van der Waals surface area contributed by atoms with Gasteiger partial charge in [0, 0.05) is 18.7 Å². The molecule has 0 bridgehead atoms. The predicted molar refractivity (Wildman–Crippen MR) is 87.3 cm³/mol. The summed E-state index contributed by atoms with van der Waals surface area (Å²) in [5, 5.41) is 0. The smallest absolute Gasteiger partial charge is 0.224 e. The highest BCUT2D eigenvalue weighted by Gasteiger charge is 2.20. The van der Waals surface area contributed by atoms with E-state index in [4.69, 9.17) is 5.73 Å². The summed E-state index contributed by atoms with van der Waals surface area (Å²) >= 11 is 0. The van der Waals surface area contributed by atoms with Gasteiger partial charge in [-0.25, -0.2) is 9.37 Å². The molecular formula is C16H15FN6. The standard InChI is InChI=1S/C16H15FN6/c17-12-4-2-1-3-11(12)10-5-7-23(8-6-10)15-13-14(20-9-19-13)21-16(18)22-15/h1-5,9H,6-8H2,(H3,18,19,20,21,22). The molecule has 0 atom stereocenters. The molecule has 0 spiro atoms. The minimum absolute atomic E-state index is 0.186. The quantitative estimate of drug-likeness (QED) is 0.759. The summed E-state index contributed by atoms with van der Waals surface area (Å²) in [6.45, 7) is 1.36. The Bertz CT molecular complexity index is 900. The molecule has 0 saturated heterocycles. The summed E-state index contributed by atoms with van der Waals surface area (Å²) < 4.78 is 13.9. The molecule has 7 heteroatoms. The molecule has 4 rings (SSSR count). The van der Waals surface area contributed by atoms with E-state index in [2.05, 4.69) is 24.8 Å². The number of halogens is 1. The molecule has 1 aliphatic heterocycles. The molecule has 1 aliphatic rings. The van der Waals surface area contributed by atoms with Crippen LogP contribution in [0.4, 0.5) is 16.2 Å². The number of nitrogens with one attached hydrogen (secondary N) is 1. The van der Waals surface area contributed by atoms with Crippen molar-refractivity contribution in [1.29, 1.82) is 0 Å². The lowest BCUT2D eigenvalue weighted by atomic mass is 9.99. The lowest BCUT2D eigenvalue weighted by Crippen LogP contribution is -2.29. The van der Waals surface area contributed by atoms with Gasteiger partial charge in [0.05, 0.1) is 6.33 Å². The van der Waals surface area contributed by atoms with Gasteiger partial charge in [0.1, 0.15) is 11.3 Å². The van der Waals surface area contributed by atoms with E-state index in [1.807, 2.05) is 18.2 Å². The maximum atomic E-state index is 13.9. The van der Waals surface area contributed by atoms with Crippen LogP contribution in [0.3, 0.4) is 0 Å². The zero-order valence-electron chi connectivity index (χ0n) is 12.3. The SMILES string of the molecule is Nc1nc(N2CC=C(c3ccccc3F)CC2)c2[nH]cnc2n1. The van der Waals surface area contributed by atoms with Crippen molar-refractivity contribution in [2.45, 2.75) is 6.42 Å². The van der Waals surface area contributed by atoms with Crippen LogP contribution < -0.4 is 10.6 Å². The number of hydrogen-bond donors (Lipinski definition) is 2. The summed E-state index contributed by atoms with van der Waals surface area (Å²) in [5.74, 6) is 0.742. The molecule has 6 nitrogen and oxygen atoms in total. The number of nitrogen functional groups attached to an aromatic ring is 1. The van der Waals surface area contributed by atoms with Crippen molar-refractivity contribution in [3.63, 3.8) is 0 Å². The predicted octanol–water partition coefficient (Wildman–Crippen LogP) is 2.37. The maximum absolute atomic E-state index is 13.9. The summed E-state index contributed by atoms with van der Waals surface area (Å²) in [4.78, 5) is 17.7. The summed E-state index contributed by atoms with van der Waals surface area (Å²) in [7, 11) is 0. The second-order valence-electron chi connectivity index (χ2n) is 5.41. The minimum Gasteiger partial charge on any atom is -0.368 e. The second-order valence-corrected chi connectivity index (χ2v) is 5.41. The summed E-state index contributed by atoms with van der Waals surface area (Å²) in [5.41, 5.74) is 8.76. The number of aromatic amines is 1. The van der Waals surface area contributed by atoms with Gasteiger partial charge in [-0.05, 0) is 18.1 Å². The fourth-order valence-electron chi connectivity index (χ4n) is 2.89. The zero-order valence-corrected chi connectivity index (χ0v) is 12.3. The second kappa shape index (κ2) is 5.35. The number of benzene rings is 1. The van der Waals surface area contributed by atoms with E-state index < -0.39 is 0 Å². The molecule has 0 amide bonds. The van der Waals surface area contributed by atoms with Crippen molar-refractivity contribution in [3.05, 3.63) is 48.0 Å². The van der Waals surface area contributed by atoms with Gasteiger partial charge in [-0.1, -0.05) is 24.3 Å². The Kier molecular flexibility index (Phi) is 3.18. The van der Waals surface area contributed by atoms with Crippen molar-refractivity contribution in [2.75, 3.05) is 23.7 Å². The van der Waals surface area contributed by atoms with Crippen LogP contribution in [0.1, 0.15) is 12.0 Å². The van der Waals surface area contributed by atoms with Crippen molar-refractivity contribution in [2.24, 2.45) is 0 Å². The molecule has 2 aromatic heterocycles. The molecule has 0 fully saturated rings. The number of imidazole rings is 1. The first-order valence-corrected chi connectivity index (χ1v) is 7.38. The number of rotatable bonds is 2. The third-order valence-corrected chi connectivity index (χ3v) is 4.01. The molecule has 0 unspecified atom stereocenters. The van der Waals surface area contributed by atoms with Crippen LogP contribution in [0.5, 0.6) is 0 Å². The number of aromatic nitrogens is 4. The Labute approximate surface area is 131 Å². The topological polar surface area (TPSA) is 83.7 Å². The highest BCUT2D eigenvalue weighted by atomic mass is 19.1. The van der Waals surface area contributed by atoms with Crippen molar-refractivity contribution in [1.82, 2.24) is 19.9 Å². The molecule has 0 radical (unpaired) electrons. The third-order valence-electron chi connectivity index (χ3n) is 4.01. The normalized spacial score (nSPS) is 15.0. The number of fused-ring (bicyclic) bond motifs is 1. The van der Waals surface area contributed by atoms with Gasteiger partial charge in [0.2, 0.25) is 5.95 Å². The lowest BCUT2D eigenvalue weighted by Gasteiger charge is -2.28. The average Bonchev–Trinajstić information content (AvgIpc) is 3.03. The van der Waals surface area contributed by atoms with E-state index in [0.717, 1.165) is 29.9 Å². The first-order chi connectivity index (χ1) is 11.2. The summed E-state index contributed by atoms with van der Waals surface area (Å²) in [6.07, 6.45) is 4.34. The highest BCUT2D eigenvalue weighted by molar-refractivity contribution is 5.85. The van der Waals surface area contributed by atoms with Gasteiger partial charge >= 0.3 is 0 Å². The first kappa shape index (κ1) is 13.7. The van der Waals surface area contributed by atoms with Crippen molar-refractivity contribution < 1.29 is 4.39 Å². The first-order valence-electron chi connectivity index (χ1n) is 7.38. The molecule has 3 aromatic rings. The fourth-order valence-corrected chi connectivity index (χ4v) is 2.89. The van der Waals surface area contributed by atoms with E-state index in [0.29, 0.717) is 17.8 Å². The van der Waals surface area contributed by atoms with Gasteiger partial charge in [-0.2, -0.15) is 9.97 Å². The molecule has 116 valence electrons. The van der Waals surface area contributed by atoms with Gasteiger partial charge in [0.25, 0.3) is 0 Å². The zero-order chi connectivity index (χ0) is 15.8. The van der Waals surface area contributed by atoms with Gasteiger partial charge < -0.3 is 15.6 Å². The van der Waals surface area contributed by atoms with E-state index in [9.17, 15) is 4.39 Å². The number of H-pyrrole nitrogens is 1. The molecular weight excluding hydrogens is 295 g/mol. The molecule has 0 aliphatic carbocycles. The van der Waals surface area contributed by atoms with Gasteiger partial charge in [-0.15, -0.1) is 0 Å². The number of nitrogens with two attached hydrogens (primary N) is 1. The Hall–Kier alpha value is -2.96. The molecule has 3 heterocycles. The molecule has 23 heavy (non-hydrogen) atoms. The average molecular weight is 310 g/mol. The van der Waals surface area contributed by atoms with Crippen LogP contribution in [0, 0.1) is 5.82 Å². The number of hydrogen-bond acceptors (Lipinski definition) is 5. The number of nitrogens with zero attached hydrogens (tertiary/aromatic N) is 4. The van der Waals surface area contributed by atoms with Crippen LogP contribution in [-0.2, 0) is 0 Å².